The summed E-state index contributed by atoms with van der Waals surface area (Å²) in [5.41, 5.74) is 7.58. The lowest BCUT2D eigenvalue weighted by atomic mass is 9.96. The minimum atomic E-state index is -3.67. The Morgan fingerprint density at radius 3 is 2.10 bits per heavy atom. The summed E-state index contributed by atoms with van der Waals surface area (Å²) >= 11 is 0. The minimum Gasteiger partial charge on any atom is -0.299 e. The normalized spacial score (nSPS) is 17.0. The molecule has 1 aliphatic heterocycles. The van der Waals surface area contributed by atoms with Gasteiger partial charge in [-0.1, -0.05) is 60.2 Å². The van der Waals surface area contributed by atoms with Crippen molar-refractivity contribution in [2.45, 2.75) is 31.4 Å². The molecule has 2 aromatic rings. The number of aryl methyl sites for hydroxylation is 1. The molecule has 2 aromatic carbocycles. The van der Waals surface area contributed by atoms with Gasteiger partial charge in [0.1, 0.15) is 0 Å². The zero-order chi connectivity index (χ0) is 22.6. The smallest absolute Gasteiger partial charge is 0.264 e. The van der Waals surface area contributed by atoms with Crippen LogP contribution in [-0.2, 0) is 14.6 Å². The molecule has 31 heavy (non-hydrogen) atoms. The number of carbonyl (C=O) groups excluding carboxylic acids is 1. The quantitative estimate of drug-likeness (QED) is 0.507. The molecule has 3 rings (SSSR count). The second-order valence-corrected chi connectivity index (χ2v) is 10.9. The highest BCUT2D eigenvalue weighted by atomic mass is 32.2. The zero-order valence-corrected chi connectivity index (χ0v) is 19.1. The number of sulfone groups is 1. The highest BCUT2D eigenvalue weighted by molar-refractivity contribution is 7.92. The molecular formula is C24H30N2O4S. The average molecular weight is 443 g/mol. The van der Waals surface area contributed by atoms with Gasteiger partial charge in [0.15, 0.2) is 14.6 Å². The summed E-state index contributed by atoms with van der Waals surface area (Å²) in [5.74, 6) is -0.892. The molecule has 0 fully saturated rings. The predicted octanol–water partition coefficient (Wildman–Crippen LogP) is 3.45. The number of hydrogen-bond acceptors (Lipinski definition) is 5. The van der Waals surface area contributed by atoms with E-state index in [0.29, 0.717) is 13.1 Å². The number of rotatable bonds is 7. The number of nitrogens with one attached hydrogen (secondary N) is 1. The summed E-state index contributed by atoms with van der Waals surface area (Å²) in [7, 11) is -3.67. The second-order valence-electron chi connectivity index (χ2n) is 8.42. The van der Waals surface area contributed by atoms with Crippen LogP contribution in [0.2, 0.25) is 0 Å². The van der Waals surface area contributed by atoms with Gasteiger partial charge in [-0.05, 0) is 49.0 Å². The van der Waals surface area contributed by atoms with E-state index in [1.165, 1.54) is 40.2 Å². The molecule has 0 spiro atoms. The van der Waals surface area contributed by atoms with E-state index in [9.17, 15) is 13.2 Å². The Balaban J connectivity index is 1.63. The van der Waals surface area contributed by atoms with Crippen LogP contribution in [0.15, 0.2) is 54.6 Å². The van der Waals surface area contributed by atoms with E-state index in [2.05, 4.69) is 66.4 Å². The lowest BCUT2D eigenvalue weighted by molar-refractivity contribution is -0.131. The van der Waals surface area contributed by atoms with Crippen LogP contribution in [0.1, 0.15) is 30.9 Å². The summed E-state index contributed by atoms with van der Waals surface area (Å²) in [5, 5.41) is 8.95. The van der Waals surface area contributed by atoms with Crippen LogP contribution < -0.4 is 5.48 Å². The molecule has 0 saturated heterocycles. The van der Waals surface area contributed by atoms with E-state index >= 15 is 0 Å². The van der Waals surface area contributed by atoms with Crippen molar-refractivity contribution in [3.05, 3.63) is 65.7 Å². The predicted molar refractivity (Wildman–Crippen MR) is 123 cm³/mol. The van der Waals surface area contributed by atoms with E-state index in [1.54, 1.807) is 0 Å². The van der Waals surface area contributed by atoms with Crippen LogP contribution in [0.5, 0.6) is 0 Å². The van der Waals surface area contributed by atoms with Gasteiger partial charge >= 0.3 is 0 Å². The molecule has 0 aromatic heterocycles. The van der Waals surface area contributed by atoms with E-state index in [-0.39, 0.29) is 6.42 Å². The van der Waals surface area contributed by atoms with E-state index < -0.39 is 20.5 Å². The topological polar surface area (TPSA) is 86.7 Å². The van der Waals surface area contributed by atoms with E-state index in [0.717, 1.165) is 19.2 Å². The molecular weight excluding hydrogens is 412 g/mol. The monoisotopic (exact) mass is 442 g/mol. The largest absolute Gasteiger partial charge is 0.299 e. The zero-order valence-electron chi connectivity index (χ0n) is 18.3. The molecule has 1 heterocycles. The van der Waals surface area contributed by atoms with Crippen molar-refractivity contribution in [2.24, 2.45) is 0 Å². The summed E-state index contributed by atoms with van der Waals surface area (Å²) < 4.78 is 22.6. The van der Waals surface area contributed by atoms with Crippen molar-refractivity contribution in [3.63, 3.8) is 0 Å². The van der Waals surface area contributed by atoms with Gasteiger partial charge in [-0.15, -0.1) is 0 Å². The van der Waals surface area contributed by atoms with Gasteiger partial charge < -0.3 is 0 Å². The van der Waals surface area contributed by atoms with Crippen molar-refractivity contribution >= 4 is 21.3 Å². The first-order valence-corrected chi connectivity index (χ1v) is 12.3. The first-order valence-electron chi connectivity index (χ1n) is 10.4. The van der Waals surface area contributed by atoms with Crippen molar-refractivity contribution in [1.29, 1.82) is 0 Å². The van der Waals surface area contributed by atoms with E-state index in [1.807, 2.05) is 0 Å². The maximum absolute atomic E-state index is 12.1. The first kappa shape index (κ1) is 23.2. The molecule has 0 saturated carbocycles. The Morgan fingerprint density at radius 2 is 1.61 bits per heavy atom. The fourth-order valence-corrected chi connectivity index (χ4v) is 4.60. The van der Waals surface area contributed by atoms with Gasteiger partial charge in [0, 0.05) is 25.9 Å². The second kappa shape index (κ2) is 9.34. The van der Waals surface area contributed by atoms with Gasteiger partial charge in [-0.25, -0.2) is 13.9 Å². The third-order valence-corrected chi connectivity index (χ3v) is 8.27. The Kier molecular flexibility index (Phi) is 6.99. The molecule has 1 aliphatic rings. The van der Waals surface area contributed by atoms with Gasteiger partial charge in [0.2, 0.25) is 0 Å². The van der Waals surface area contributed by atoms with Crippen LogP contribution in [-0.4, -0.2) is 55.1 Å². The Morgan fingerprint density at radius 1 is 1.06 bits per heavy atom. The van der Waals surface area contributed by atoms with Crippen molar-refractivity contribution in [3.8, 4) is 11.1 Å². The highest BCUT2D eigenvalue weighted by Crippen LogP contribution is 2.27. The Labute approximate surface area is 184 Å². The summed E-state index contributed by atoms with van der Waals surface area (Å²) in [6, 6.07) is 17.0. The Bertz CT molecular complexity index is 1060. The van der Waals surface area contributed by atoms with Gasteiger partial charge in [0.25, 0.3) is 5.91 Å². The highest BCUT2D eigenvalue weighted by Gasteiger charge is 2.43. The fourth-order valence-electron chi connectivity index (χ4n) is 3.76. The van der Waals surface area contributed by atoms with Crippen LogP contribution >= 0.6 is 0 Å². The number of nitrogens with zero attached hydrogens (tertiary/aromatic N) is 1. The lowest BCUT2D eigenvalue weighted by Gasteiger charge is -2.31. The number of amides is 1. The molecule has 0 bridgehead atoms. The van der Waals surface area contributed by atoms with Crippen LogP contribution in [0, 0.1) is 6.92 Å². The standard InChI is InChI=1S/C24H30N2O4S/c1-18-4-6-19(7-5-18)20-8-10-21(11-9-20)22-12-15-26(16-13-22)17-14-24(2,23(27)25-28)31(3,29)30/h4-12,28H,13-17H2,1-3H3,(H,25,27). The van der Waals surface area contributed by atoms with Gasteiger partial charge in [0.05, 0.1) is 0 Å². The number of hydrogen-bond donors (Lipinski definition) is 2. The van der Waals surface area contributed by atoms with Gasteiger partial charge in [-0.3, -0.25) is 14.9 Å². The summed E-state index contributed by atoms with van der Waals surface area (Å²) in [6.45, 7) is 5.36. The maximum Gasteiger partial charge on any atom is 0.264 e. The van der Waals surface area contributed by atoms with Crippen LogP contribution in [0.25, 0.3) is 16.7 Å². The van der Waals surface area contributed by atoms with Gasteiger partial charge in [-0.2, -0.15) is 0 Å². The number of benzene rings is 2. The first-order chi connectivity index (χ1) is 14.6. The SMILES string of the molecule is Cc1ccc(-c2ccc(C3=CCN(CCC(C)(C(=O)NO)S(C)(=O)=O)CC3)cc2)cc1. The third kappa shape index (κ3) is 5.23. The Hall–Kier alpha value is -2.48. The molecule has 0 aliphatic carbocycles. The van der Waals surface area contributed by atoms with Crippen molar-refractivity contribution < 1.29 is 18.4 Å². The molecule has 1 amide bonds. The number of carbonyl (C=O) groups is 1. The maximum atomic E-state index is 12.1. The molecule has 2 N–H and O–H groups in total. The van der Waals surface area contributed by atoms with Crippen molar-refractivity contribution in [2.75, 3.05) is 25.9 Å². The van der Waals surface area contributed by atoms with Crippen LogP contribution in [0.3, 0.4) is 0 Å². The molecule has 0 radical (unpaired) electrons. The minimum absolute atomic E-state index is 0.118. The van der Waals surface area contributed by atoms with Crippen molar-refractivity contribution in [1.82, 2.24) is 10.4 Å². The third-order valence-electron chi connectivity index (χ3n) is 6.24. The molecule has 7 heteroatoms. The average Bonchev–Trinajstić information content (AvgIpc) is 2.77. The van der Waals surface area contributed by atoms with Crippen LogP contribution in [0.4, 0.5) is 0 Å². The molecule has 1 unspecified atom stereocenters. The number of hydroxylamine groups is 1. The molecule has 1 atom stereocenters. The summed E-state index contributed by atoms with van der Waals surface area (Å²) in [4.78, 5) is 14.1. The molecule has 166 valence electrons. The summed E-state index contributed by atoms with van der Waals surface area (Å²) in [6.07, 6.45) is 4.16. The fraction of sp³-hybridized carbons (Fsp3) is 0.375. The molecule has 6 nitrogen and oxygen atoms in total. The van der Waals surface area contributed by atoms with E-state index in [4.69, 9.17) is 5.21 Å². The lowest BCUT2D eigenvalue weighted by Crippen LogP contribution is -2.51.